The van der Waals surface area contributed by atoms with Crippen molar-refractivity contribution in [3.05, 3.63) is 35.4 Å². The lowest BCUT2D eigenvalue weighted by Gasteiger charge is -2.13. The number of aliphatic carboxylic acids is 2. The van der Waals surface area contributed by atoms with E-state index in [-0.39, 0.29) is 12.3 Å². The molecule has 16 heavy (non-hydrogen) atoms. The summed E-state index contributed by atoms with van der Waals surface area (Å²) in [6.45, 7) is 0. The maximum atomic E-state index is 11.2. The van der Waals surface area contributed by atoms with E-state index < -0.39 is 17.9 Å². The minimum atomic E-state index is -0.941. The molecule has 2 rings (SSSR count). The van der Waals surface area contributed by atoms with Gasteiger partial charge in [-0.15, -0.1) is 0 Å². The first-order chi connectivity index (χ1) is 7.59. The number of fused-ring (bicyclic) bond motifs is 1. The van der Waals surface area contributed by atoms with Gasteiger partial charge in [-0.2, -0.15) is 0 Å². The Morgan fingerprint density at radius 3 is 2.56 bits per heavy atom. The quantitative estimate of drug-likeness (QED) is 0.809. The lowest BCUT2D eigenvalue weighted by Crippen LogP contribution is -2.20. The maximum absolute atomic E-state index is 11.2. The Labute approximate surface area is 92.5 Å². The molecule has 0 radical (unpaired) electrons. The molecule has 0 saturated heterocycles. The van der Waals surface area contributed by atoms with Crippen molar-refractivity contribution < 1.29 is 19.8 Å². The van der Waals surface area contributed by atoms with Crippen molar-refractivity contribution in [2.24, 2.45) is 5.92 Å². The summed E-state index contributed by atoms with van der Waals surface area (Å²) >= 11 is 0. The molecule has 84 valence electrons. The first-order valence-corrected chi connectivity index (χ1v) is 5.12. The highest BCUT2D eigenvalue weighted by atomic mass is 16.4. The number of carboxylic acids is 2. The van der Waals surface area contributed by atoms with E-state index in [0.29, 0.717) is 6.42 Å². The average Bonchev–Trinajstić information content (AvgIpc) is 2.53. The Morgan fingerprint density at radius 2 is 1.94 bits per heavy atom. The first kappa shape index (κ1) is 10.7. The highest BCUT2D eigenvalue weighted by Gasteiger charge is 2.38. The van der Waals surface area contributed by atoms with Gasteiger partial charge < -0.3 is 10.2 Å². The van der Waals surface area contributed by atoms with Crippen molar-refractivity contribution in [2.75, 3.05) is 0 Å². The third-order valence-electron chi connectivity index (χ3n) is 3.05. The Balaban J connectivity index is 2.33. The molecule has 0 heterocycles. The molecule has 1 aliphatic carbocycles. The fraction of sp³-hybridized carbons (Fsp3) is 0.333. The third-order valence-corrected chi connectivity index (χ3v) is 3.05. The predicted molar refractivity (Wildman–Crippen MR) is 56.3 cm³/mol. The Morgan fingerprint density at radius 1 is 1.25 bits per heavy atom. The summed E-state index contributed by atoms with van der Waals surface area (Å²) in [6.07, 6.45) is 0.449. The number of rotatable bonds is 3. The second-order valence-corrected chi connectivity index (χ2v) is 4.08. The number of hydrogen-bond acceptors (Lipinski definition) is 2. The molecule has 0 aromatic heterocycles. The molecule has 1 aromatic carbocycles. The fourth-order valence-electron chi connectivity index (χ4n) is 2.43. The molecule has 0 aliphatic heterocycles. The highest BCUT2D eigenvalue weighted by Crippen LogP contribution is 2.39. The van der Waals surface area contributed by atoms with Gasteiger partial charge in [0.25, 0.3) is 0 Å². The molecule has 0 bridgehead atoms. The van der Waals surface area contributed by atoms with Crippen LogP contribution in [-0.4, -0.2) is 22.2 Å². The highest BCUT2D eigenvalue weighted by molar-refractivity contribution is 5.80. The number of hydrogen-bond donors (Lipinski definition) is 2. The van der Waals surface area contributed by atoms with Crippen LogP contribution in [0.3, 0.4) is 0 Å². The van der Waals surface area contributed by atoms with Crippen LogP contribution in [0.4, 0.5) is 0 Å². The van der Waals surface area contributed by atoms with Gasteiger partial charge in [0.2, 0.25) is 0 Å². The zero-order chi connectivity index (χ0) is 11.7. The SMILES string of the molecule is O=C(O)C[C@H]1Cc2ccccc2[C@@H]1C(=O)O. The van der Waals surface area contributed by atoms with Gasteiger partial charge in [-0.1, -0.05) is 24.3 Å². The molecule has 4 heteroatoms. The molecule has 2 atom stereocenters. The van der Waals surface area contributed by atoms with Crippen molar-refractivity contribution in [2.45, 2.75) is 18.8 Å². The van der Waals surface area contributed by atoms with Crippen molar-refractivity contribution in [3.63, 3.8) is 0 Å². The van der Waals surface area contributed by atoms with E-state index in [9.17, 15) is 9.59 Å². The van der Waals surface area contributed by atoms with Crippen LogP contribution in [0.5, 0.6) is 0 Å². The predicted octanol–water partition coefficient (Wildman–Crippen LogP) is 1.50. The van der Waals surface area contributed by atoms with Crippen LogP contribution in [-0.2, 0) is 16.0 Å². The van der Waals surface area contributed by atoms with Gasteiger partial charge in [-0.25, -0.2) is 0 Å². The summed E-state index contributed by atoms with van der Waals surface area (Å²) in [4.78, 5) is 21.8. The summed E-state index contributed by atoms with van der Waals surface area (Å²) in [5.74, 6) is -2.88. The number of carbonyl (C=O) groups is 2. The first-order valence-electron chi connectivity index (χ1n) is 5.12. The van der Waals surface area contributed by atoms with Crippen molar-refractivity contribution in [1.82, 2.24) is 0 Å². The van der Waals surface area contributed by atoms with Gasteiger partial charge in [-0.3, -0.25) is 9.59 Å². The van der Waals surface area contributed by atoms with E-state index in [4.69, 9.17) is 10.2 Å². The lowest BCUT2D eigenvalue weighted by molar-refractivity contribution is -0.141. The van der Waals surface area contributed by atoms with Crippen molar-refractivity contribution in [3.8, 4) is 0 Å². The molecule has 1 aromatic rings. The summed E-state index contributed by atoms with van der Waals surface area (Å²) in [5.41, 5.74) is 1.72. The van der Waals surface area contributed by atoms with Crippen LogP contribution >= 0.6 is 0 Å². The van der Waals surface area contributed by atoms with Crippen molar-refractivity contribution >= 4 is 11.9 Å². The normalized spacial score (nSPS) is 22.8. The number of benzene rings is 1. The Hall–Kier alpha value is -1.84. The van der Waals surface area contributed by atoms with Gasteiger partial charge in [0.05, 0.1) is 5.92 Å². The van der Waals surface area contributed by atoms with Gasteiger partial charge in [0, 0.05) is 6.42 Å². The van der Waals surface area contributed by atoms with E-state index in [2.05, 4.69) is 0 Å². The molecule has 0 unspecified atom stereocenters. The molecule has 4 nitrogen and oxygen atoms in total. The van der Waals surface area contributed by atoms with E-state index in [1.54, 1.807) is 12.1 Å². The van der Waals surface area contributed by atoms with Gasteiger partial charge in [-0.05, 0) is 23.5 Å². The second kappa shape index (κ2) is 3.96. The zero-order valence-electron chi connectivity index (χ0n) is 8.59. The Bertz CT molecular complexity index is 438. The summed E-state index contributed by atoms with van der Waals surface area (Å²) in [7, 11) is 0. The van der Waals surface area contributed by atoms with Crippen LogP contribution in [0.15, 0.2) is 24.3 Å². The summed E-state index contributed by atoms with van der Waals surface area (Å²) in [6, 6.07) is 7.28. The minimum absolute atomic E-state index is 0.0916. The van der Waals surface area contributed by atoms with Crippen LogP contribution in [0.1, 0.15) is 23.5 Å². The third kappa shape index (κ3) is 1.78. The molecule has 0 spiro atoms. The Kier molecular flexibility index (Phi) is 2.64. The second-order valence-electron chi connectivity index (χ2n) is 4.08. The molecular formula is C12H12O4. The summed E-state index contributed by atoms with van der Waals surface area (Å²) in [5, 5.41) is 17.9. The van der Waals surface area contributed by atoms with Crippen LogP contribution in [0.25, 0.3) is 0 Å². The molecule has 0 saturated carbocycles. The molecule has 1 aliphatic rings. The van der Waals surface area contributed by atoms with Crippen LogP contribution in [0.2, 0.25) is 0 Å². The van der Waals surface area contributed by atoms with E-state index in [0.717, 1.165) is 11.1 Å². The van der Waals surface area contributed by atoms with Crippen LogP contribution < -0.4 is 0 Å². The van der Waals surface area contributed by atoms with E-state index in [1.165, 1.54) is 0 Å². The number of carboxylic acid groups (broad SMARTS) is 2. The van der Waals surface area contributed by atoms with Crippen LogP contribution in [0, 0.1) is 5.92 Å². The van der Waals surface area contributed by atoms with Gasteiger partial charge in [0.15, 0.2) is 0 Å². The van der Waals surface area contributed by atoms with Crippen molar-refractivity contribution in [1.29, 1.82) is 0 Å². The van der Waals surface area contributed by atoms with E-state index in [1.807, 2.05) is 12.1 Å². The molecule has 2 N–H and O–H groups in total. The standard InChI is InChI=1S/C12H12O4/c13-10(14)6-8-5-7-3-1-2-4-9(7)11(8)12(15)16/h1-4,8,11H,5-6H2,(H,13,14)(H,15,16)/t8-,11-/m1/s1. The zero-order valence-corrected chi connectivity index (χ0v) is 8.59. The van der Waals surface area contributed by atoms with E-state index >= 15 is 0 Å². The monoisotopic (exact) mass is 220 g/mol. The fourth-order valence-corrected chi connectivity index (χ4v) is 2.43. The molecule has 0 fully saturated rings. The molecule has 0 amide bonds. The lowest BCUT2D eigenvalue weighted by atomic mass is 9.90. The largest absolute Gasteiger partial charge is 0.481 e. The van der Waals surface area contributed by atoms with Gasteiger partial charge >= 0.3 is 11.9 Å². The smallest absolute Gasteiger partial charge is 0.311 e. The maximum Gasteiger partial charge on any atom is 0.311 e. The summed E-state index contributed by atoms with van der Waals surface area (Å²) < 4.78 is 0. The minimum Gasteiger partial charge on any atom is -0.481 e. The topological polar surface area (TPSA) is 74.6 Å². The van der Waals surface area contributed by atoms with Gasteiger partial charge in [0.1, 0.15) is 0 Å². The average molecular weight is 220 g/mol. The molecular weight excluding hydrogens is 208 g/mol.